The maximum Gasteiger partial charge on any atom is 0.316 e. The van der Waals surface area contributed by atoms with Crippen molar-refractivity contribution in [2.75, 3.05) is 18.4 Å². The third-order valence-corrected chi connectivity index (χ3v) is 5.96. The summed E-state index contributed by atoms with van der Waals surface area (Å²) in [5, 5.41) is 11.1. The minimum atomic E-state index is -0.378. The Morgan fingerprint density at radius 2 is 1.81 bits per heavy atom. The number of hydrogen-bond acceptors (Lipinski definition) is 5. The molecule has 1 aromatic heterocycles. The Bertz CT molecular complexity index is 742. The number of benzene rings is 1. The Morgan fingerprint density at radius 3 is 2.50 bits per heavy atom. The molecule has 1 atom stereocenters. The van der Waals surface area contributed by atoms with E-state index < -0.39 is 0 Å². The number of piperidine rings is 1. The van der Waals surface area contributed by atoms with E-state index >= 15 is 0 Å². The van der Waals surface area contributed by atoms with E-state index in [4.69, 9.17) is 4.42 Å². The Balaban J connectivity index is 1.34. The second-order valence-corrected chi connectivity index (χ2v) is 7.68. The molecule has 6 heteroatoms. The highest BCUT2D eigenvalue weighted by atomic mass is 16.4. The summed E-state index contributed by atoms with van der Waals surface area (Å²) in [6.45, 7) is 3.59. The molecule has 1 aliphatic heterocycles. The van der Waals surface area contributed by atoms with E-state index in [-0.39, 0.29) is 18.0 Å². The van der Waals surface area contributed by atoms with Crippen LogP contribution in [-0.2, 0) is 4.79 Å². The molecule has 0 unspecified atom stereocenters. The highest BCUT2D eigenvalue weighted by molar-refractivity contribution is 5.83. The predicted molar refractivity (Wildman–Crippen MR) is 99.5 cm³/mol. The van der Waals surface area contributed by atoms with Crippen molar-refractivity contribution in [1.29, 1.82) is 0 Å². The third-order valence-electron chi connectivity index (χ3n) is 5.96. The smallest absolute Gasteiger partial charge is 0.316 e. The van der Waals surface area contributed by atoms with Crippen LogP contribution in [0.3, 0.4) is 0 Å². The Morgan fingerprint density at radius 1 is 1.12 bits per heavy atom. The fraction of sp³-hybridized carbons (Fsp3) is 0.550. The van der Waals surface area contributed by atoms with Gasteiger partial charge in [0.1, 0.15) is 6.04 Å². The fourth-order valence-electron chi connectivity index (χ4n) is 4.33. The maximum atomic E-state index is 12.8. The first kappa shape index (κ1) is 17.1. The number of amides is 1. The quantitative estimate of drug-likeness (QED) is 0.906. The first-order chi connectivity index (χ1) is 12.7. The molecule has 138 valence electrons. The van der Waals surface area contributed by atoms with E-state index in [1.807, 2.05) is 42.2 Å². The number of nitrogens with one attached hydrogen (secondary N) is 1. The van der Waals surface area contributed by atoms with Crippen molar-refractivity contribution in [2.45, 2.75) is 51.5 Å². The topological polar surface area (TPSA) is 71.3 Å². The van der Waals surface area contributed by atoms with E-state index in [0.717, 1.165) is 31.5 Å². The minimum absolute atomic E-state index is 0.109. The maximum absolute atomic E-state index is 12.8. The van der Waals surface area contributed by atoms with Crippen LogP contribution < -0.4 is 5.32 Å². The summed E-state index contributed by atoms with van der Waals surface area (Å²) in [5.74, 6) is 0.561. The average molecular weight is 354 g/mol. The van der Waals surface area contributed by atoms with Crippen LogP contribution in [0, 0.1) is 5.41 Å². The van der Waals surface area contributed by atoms with Crippen LogP contribution in [0.2, 0.25) is 0 Å². The largest absolute Gasteiger partial charge is 0.403 e. The lowest BCUT2D eigenvalue weighted by Gasteiger charge is -2.40. The van der Waals surface area contributed by atoms with Gasteiger partial charge in [0.25, 0.3) is 0 Å². The summed E-state index contributed by atoms with van der Waals surface area (Å²) in [5.41, 5.74) is 1.38. The van der Waals surface area contributed by atoms with Gasteiger partial charge in [-0.15, -0.1) is 5.10 Å². The molecule has 1 saturated carbocycles. The summed E-state index contributed by atoms with van der Waals surface area (Å²) in [6.07, 6.45) is 7.67. The summed E-state index contributed by atoms with van der Waals surface area (Å²) in [6, 6.07) is 9.52. The number of anilines is 1. The van der Waals surface area contributed by atoms with Crippen LogP contribution in [-0.4, -0.2) is 40.1 Å². The van der Waals surface area contributed by atoms with E-state index in [1.165, 1.54) is 25.7 Å². The van der Waals surface area contributed by atoms with Crippen molar-refractivity contribution in [3.05, 3.63) is 30.3 Å². The van der Waals surface area contributed by atoms with E-state index in [2.05, 4.69) is 15.5 Å². The molecule has 2 fully saturated rings. The molecule has 2 aromatic rings. The van der Waals surface area contributed by atoms with E-state index in [9.17, 15) is 4.79 Å². The average Bonchev–Trinajstić information content (AvgIpc) is 3.33. The molecule has 0 radical (unpaired) electrons. The van der Waals surface area contributed by atoms with Gasteiger partial charge >= 0.3 is 6.01 Å². The number of rotatable bonds is 4. The van der Waals surface area contributed by atoms with Crippen LogP contribution in [0.5, 0.6) is 0 Å². The standard InChI is InChI=1S/C20H26N4O2/c1-15(18(25)24-13-11-20(12-14-24)9-5-6-10-20)21-19-23-22-17(26-19)16-7-3-2-4-8-16/h2-4,7-8,15H,5-6,9-14H2,1H3,(H,21,23)/t15-/m0/s1. The summed E-state index contributed by atoms with van der Waals surface area (Å²) >= 11 is 0. The number of nitrogens with zero attached hydrogens (tertiary/aromatic N) is 3. The van der Waals surface area contributed by atoms with Crippen LogP contribution in [0.4, 0.5) is 6.01 Å². The molecular formula is C20H26N4O2. The van der Waals surface area contributed by atoms with Crippen molar-refractivity contribution in [3.8, 4) is 11.5 Å². The third kappa shape index (κ3) is 3.45. The van der Waals surface area contributed by atoms with Crippen LogP contribution in [0.25, 0.3) is 11.5 Å². The van der Waals surface area contributed by atoms with Crippen molar-refractivity contribution in [1.82, 2.24) is 15.1 Å². The molecule has 1 spiro atoms. The zero-order valence-electron chi connectivity index (χ0n) is 15.3. The lowest BCUT2D eigenvalue weighted by Crippen LogP contribution is -2.47. The molecule has 1 aliphatic carbocycles. The zero-order valence-corrected chi connectivity index (χ0v) is 15.3. The summed E-state index contributed by atoms with van der Waals surface area (Å²) in [4.78, 5) is 14.7. The summed E-state index contributed by atoms with van der Waals surface area (Å²) < 4.78 is 5.65. The lowest BCUT2D eigenvalue weighted by molar-refractivity contribution is -0.134. The van der Waals surface area contributed by atoms with Crippen LogP contribution in [0.1, 0.15) is 45.4 Å². The van der Waals surface area contributed by atoms with E-state index in [1.54, 1.807) is 0 Å². The van der Waals surface area contributed by atoms with Crippen LogP contribution in [0.15, 0.2) is 34.7 Å². The van der Waals surface area contributed by atoms with Gasteiger partial charge in [-0.3, -0.25) is 4.79 Å². The van der Waals surface area contributed by atoms with Gasteiger partial charge in [-0.05, 0) is 50.2 Å². The van der Waals surface area contributed by atoms with Gasteiger partial charge in [-0.25, -0.2) is 0 Å². The van der Waals surface area contributed by atoms with Crippen molar-refractivity contribution in [2.24, 2.45) is 5.41 Å². The first-order valence-electron chi connectivity index (χ1n) is 9.60. The number of carbonyl (C=O) groups excluding carboxylic acids is 1. The van der Waals surface area contributed by atoms with Gasteiger partial charge in [0.05, 0.1) is 0 Å². The Hall–Kier alpha value is -2.37. The summed E-state index contributed by atoms with van der Waals surface area (Å²) in [7, 11) is 0. The number of aromatic nitrogens is 2. The number of hydrogen-bond donors (Lipinski definition) is 1. The van der Waals surface area contributed by atoms with E-state index in [0.29, 0.717) is 11.3 Å². The van der Waals surface area contributed by atoms with Crippen molar-refractivity contribution < 1.29 is 9.21 Å². The molecule has 0 bridgehead atoms. The lowest BCUT2D eigenvalue weighted by atomic mass is 9.77. The minimum Gasteiger partial charge on any atom is -0.403 e. The van der Waals surface area contributed by atoms with Crippen LogP contribution >= 0.6 is 0 Å². The predicted octanol–water partition coefficient (Wildman–Crippen LogP) is 3.72. The van der Waals surface area contributed by atoms with Gasteiger partial charge in [-0.2, -0.15) is 0 Å². The molecule has 1 aromatic carbocycles. The van der Waals surface area contributed by atoms with Crippen molar-refractivity contribution >= 4 is 11.9 Å². The Labute approximate surface area is 154 Å². The molecule has 4 rings (SSSR count). The second kappa shape index (κ2) is 7.09. The monoisotopic (exact) mass is 354 g/mol. The molecule has 1 N–H and O–H groups in total. The molecule has 6 nitrogen and oxygen atoms in total. The molecule has 1 saturated heterocycles. The highest BCUT2D eigenvalue weighted by Crippen LogP contribution is 2.46. The zero-order chi connectivity index (χ0) is 18.0. The molecule has 26 heavy (non-hydrogen) atoms. The van der Waals surface area contributed by atoms with Gasteiger partial charge in [0.2, 0.25) is 11.8 Å². The van der Waals surface area contributed by atoms with Gasteiger partial charge in [0, 0.05) is 18.7 Å². The number of carbonyl (C=O) groups is 1. The van der Waals surface area contributed by atoms with Gasteiger partial charge in [-0.1, -0.05) is 36.1 Å². The molecule has 2 aliphatic rings. The molecule has 2 heterocycles. The van der Waals surface area contributed by atoms with Gasteiger partial charge < -0.3 is 14.6 Å². The Kier molecular flexibility index (Phi) is 4.66. The van der Waals surface area contributed by atoms with Crippen molar-refractivity contribution in [3.63, 3.8) is 0 Å². The SMILES string of the molecule is C[C@H](Nc1nnc(-c2ccccc2)o1)C(=O)N1CCC2(CCCC2)CC1. The normalized spacial score (nSPS) is 20.3. The molecular weight excluding hydrogens is 328 g/mol. The second-order valence-electron chi connectivity index (χ2n) is 7.68. The number of likely N-dealkylation sites (tertiary alicyclic amines) is 1. The molecule has 1 amide bonds. The highest BCUT2D eigenvalue weighted by Gasteiger charge is 2.38. The van der Waals surface area contributed by atoms with Gasteiger partial charge in [0.15, 0.2) is 0 Å². The fourth-order valence-corrected chi connectivity index (χ4v) is 4.33. The first-order valence-corrected chi connectivity index (χ1v) is 9.60.